The van der Waals surface area contributed by atoms with Crippen molar-refractivity contribution in [2.45, 2.75) is 309 Å². The van der Waals surface area contributed by atoms with Crippen LogP contribution in [0.3, 0.4) is 0 Å². The van der Waals surface area contributed by atoms with E-state index in [4.69, 9.17) is 14.2 Å². The van der Waals surface area contributed by atoms with Crippen LogP contribution in [0.2, 0.25) is 0 Å². The van der Waals surface area contributed by atoms with Crippen molar-refractivity contribution in [3.63, 3.8) is 0 Å². The molecule has 0 saturated heterocycles. The van der Waals surface area contributed by atoms with Crippen LogP contribution in [-0.2, 0) is 28.6 Å². The molecule has 0 spiro atoms. The van der Waals surface area contributed by atoms with Crippen LogP contribution in [0.1, 0.15) is 303 Å². The number of hydrogen-bond donors (Lipinski definition) is 0. The fourth-order valence-electron chi connectivity index (χ4n) is 8.88. The molecule has 0 N–H and O–H groups in total. The number of esters is 3. The number of rotatable bonds is 58. The van der Waals surface area contributed by atoms with Gasteiger partial charge in [0, 0.05) is 19.3 Å². The average molecular weight is 1070 g/mol. The molecule has 6 heteroatoms. The maximum absolute atomic E-state index is 12.9. The zero-order chi connectivity index (χ0) is 55.7. The average Bonchev–Trinajstić information content (AvgIpc) is 3.43. The van der Waals surface area contributed by atoms with Gasteiger partial charge in [0.25, 0.3) is 0 Å². The van der Waals surface area contributed by atoms with Gasteiger partial charge in [0.1, 0.15) is 13.2 Å². The van der Waals surface area contributed by atoms with E-state index < -0.39 is 6.10 Å². The van der Waals surface area contributed by atoms with Crippen molar-refractivity contribution in [1.29, 1.82) is 0 Å². The topological polar surface area (TPSA) is 78.9 Å². The highest BCUT2D eigenvalue weighted by molar-refractivity contribution is 5.71. The Morgan fingerprint density at radius 1 is 0.273 bits per heavy atom. The van der Waals surface area contributed by atoms with Crippen molar-refractivity contribution in [3.8, 4) is 0 Å². The lowest BCUT2D eigenvalue weighted by atomic mass is 10.1. The van der Waals surface area contributed by atoms with Gasteiger partial charge in [-0.1, -0.05) is 265 Å². The Balaban J connectivity index is 4.43. The minimum Gasteiger partial charge on any atom is -0.462 e. The first kappa shape index (κ1) is 73.1. The lowest BCUT2D eigenvalue weighted by molar-refractivity contribution is -0.167. The van der Waals surface area contributed by atoms with Crippen molar-refractivity contribution in [3.05, 3.63) is 109 Å². The number of ether oxygens (including phenoxy) is 3. The second-order valence-corrected chi connectivity index (χ2v) is 21.3. The van der Waals surface area contributed by atoms with Crippen LogP contribution in [-0.4, -0.2) is 37.2 Å². The predicted molar refractivity (Wildman–Crippen MR) is 334 cm³/mol. The summed E-state index contributed by atoms with van der Waals surface area (Å²) in [6, 6.07) is 0. The highest BCUT2D eigenvalue weighted by Gasteiger charge is 2.19. The van der Waals surface area contributed by atoms with Gasteiger partial charge in [-0.25, -0.2) is 0 Å². The van der Waals surface area contributed by atoms with Crippen molar-refractivity contribution < 1.29 is 28.6 Å². The van der Waals surface area contributed by atoms with Crippen LogP contribution < -0.4 is 0 Å². The Bertz CT molecular complexity index is 1560. The maximum atomic E-state index is 12.9. The molecule has 0 aliphatic rings. The fraction of sp³-hybridized carbons (Fsp3) is 0.704. The van der Waals surface area contributed by atoms with Crippen LogP contribution in [0.5, 0.6) is 0 Å². The van der Waals surface area contributed by atoms with E-state index in [-0.39, 0.29) is 31.1 Å². The number of hydrogen-bond acceptors (Lipinski definition) is 6. The Labute approximate surface area is 476 Å². The number of unbranched alkanes of at least 4 members (excludes halogenated alkanes) is 29. The quantitative estimate of drug-likeness (QED) is 0.0261. The Kier molecular flexibility index (Phi) is 61.3. The second-order valence-electron chi connectivity index (χ2n) is 21.3. The van der Waals surface area contributed by atoms with E-state index in [1.165, 1.54) is 122 Å². The largest absolute Gasteiger partial charge is 0.462 e. The monoisotopic (exact) mass is 1070 g/mol. The highest BCUT2D eigenvalue weighted by Crippen LogP contribution is 2.15. The molecule has 0 rings (SSSR count). The zero-order valence-corrected chi connectivity index (χ0v) is 50.4. The van der Waals surface area contributed by atoms with Gasteiger partial charge in [0.2, 0.25) is 0 Å². The van der Waals surface area contributed by atoms with Gasteiger partial charge in [-0.3, -0.25) is 14.4 Å². The molecule has 0 radical (unpaired) electrons. The third-order valence-electron chi connectivity index (χ3n) is 13.7. The first-order valence-corrected chi connectivity index (χ1v) is 32.4. The summed E-state index contributed by atoms with van der Waals surface area (Å²) in [6.07, 6.45) is 88.0. The molecule has 1 atom stereocenters. The highest BCUT2D eigenvalue weighted by atomic mass is 16.6. The van der Waals surface area contributed by atoms with Gasteiger partial charge in [0.15, 0.2) is 6.10 Å². The van der Waals surface area contributed by atoms with Crippen LogP contribution in [0.4, 0.5) is 0 Å². The molecule has 0 aliphatic heterocycles. The predicted octanol–water partition coefficient (Wildman–Crippen LogP) is 22.2. The summed E-state index contributed by atoms with van der Waals surface area (Å²) in [7, 11) is 0. The van der Waals surface area contributed by atoms with Crippen molar-refractivity contribution >= 4 is 17.9 Å². The van der Waals surface area contributed by atoms with Gasteiger partial charge in [-0.05, 0) is 128 Å². The number of carbonyl (C=O) groups excluding carboxylic acids is 3. The summed E-state index contributed by atoms with van der Waals surface area (Å²) in [4.78, 5) is 38.3. The Hall–Kier alpha value is -3.93. The summed E-state index contributed by atoms with van der Waals surface area (Å²) in [5, 5.41) is 0. The Morgan fingerprint density at radius 3 is 0.792 bits per heavy atom. The van der Waals surface area contributed by atoms with E-state index in [0.29, 0.717) is 19.3 Å². The lowest BCUT2D eigenvalue weighted by Crippen LogP contribution is -2.30. The number of carbonyl (C=O) groups is 3. The van der Waals surface area contributed by atoms with E-state index >= 15 is 0 Å². The van der Waals surface area contributed by atoms with Gasteiger partial charge < -0.3 is 14.2 Å². The molecule has 440 valence electrons. The standard InChI is InChI=1S/C71H120O6/c1-4-7-10-13-16-19-22-25-28-30-32-34-35-37-38-40-43-46-49-52-55-58-61-64-70(73)76-67-68(66-75-69(72)63-60-57-54-51-48-45-42-27-24-21-18-15-12-9-6-3)77-71(74)65-62-59-56-53-50-47-44-41-39-36-33-31-29-26-23-20-17-14-11-8-5-2/h9,12,18,21-23,25-27,30-33,35,37,39,41-42,68H,4-8,10-11,13-17,19-20,24,28-29,34,36,38,40,43-67H2,1-3H3/b12-9-,21-18-,25-22-,26-23-,32-30-,33-31-,37-35-,41-39-,42-27-. The molecule has 0 saturated carbocycles. The summed E-state index contributed by atoms with van der Waals surface area (Å²) in [5.41, 5.74) is 0. The van der Waals surface area contributed by atoms with Crippen molar-refractivity contribution in [1.82, 2.24) is 0 Å². The molecule has 0 heterocycles. The van der Waals surface area contributed by atoms with Crippen LogP contribution >= 0.6 is 0 Å². The molecule has 0 aromatic carbocycles. The molecule has 0 bridgehead atoms. The molecule has 0 aliphatic carbocycles. The van der Waals surface area contributed by atoms with Gasteiger partial charge >= 0.3 is 17.9 Å². The Morgan fingerprint density at radius 2 is 0.506 bits per heavy atom. The molecule has 1 unspecified atom stereocenters. The molecule has 77 heavy (non-hydrogen) atoms. The SMILES string of the molecule is CC/C=C\C/C=C\C/C=C\CCCCCCCC(=O)OCC(COC(=O)CCCCCCCCCC/C=C\C/C=C\C/C=C\CCCCCCC)OC(=O)CCCCCCCC/C=C\C/C=C\C/C=C\CCCCCCC. The molecular weight excluding hydrogens is 949 g/mol. The van der Waals surface area contributed by atoms with E-state index in [1.54, 1.807) is 0 Å². The smallest absolute Gasteiger partial charge is 0.306 e. The maximum Gasteiger partial charge on any atom is 0.306 e. The third-order valence-corrected chi connectivity index (χ3v) is 13.7. The summed E-state index contributed by atoms with van der Waals surface area (Å²) in [6.45, 7) is 6.49. The normalized spacial score (nSPS) is 12.8. The summed E-state index contributed by atoms with van der Waals surface area (Å²) in [5.74, 6) is -0.924. The summed E-state index contributed by atoms with van der Waals surface area (Å²) >= 11 is 0. The summed E-state index contributed by atoms with van der Waals surface area (Å²) < 4.78 is 16.9. The van der Waals surface area contributed by atoms with E-state index in [9.17, 15) is 14.4 Å². The van der Waals surface area contributed by atoms with Crippen molar-refractivity contribution in [2.24, 2.45) is 0 Å². The van der Waals surface area contributed by atoms with Gasteiger partial charge in [-0.15, -0.1) is 0 Å². The van der Waals surface area contributed by atoms with Crippen LogP contribution in [0.15, 0.2) is 109 Å². The van der Waals surface area contributed by atoms with E-state index in [2.05, 4.69) is 130 Å². The minimum atomic E-state index is -0.800. The van der Waals surface area contributed by atoms with Gasteiger partial charge in [-0.2, -0.15) is 0 Å². The fourth-order valence-corrected chi connectivity index (χ4v) is 8.88. The first-order chi connectivity index (χ1) is 38.0. The van der Waals surface area contributed by atoms with Crippen LogP contribution in [0, 0.1) is 0 Å². The van der Waals surface area contributed by atoms with E-state index in [0.717, 1.165) is 141 Å². The molecular formula is C71H120O6. The third kappa shape index (κ3) is 62.8. The lowest BCUT2D eigenvalue weighted by Gasteiger charge is -2.18. The first-order valence-electron chi connectivity index (χ1n) is 32.4. The van der Waals surface area contributed by atoms with Gasteiger partial charge in [0.05, 0.1) is 0 Å². The molecule has 0 amide bonds. The number of allylic oxidation sites excluding steroid dienone is 18. The molecule has 0 fully saturated rings. The van der Waals surface area contributed by atoms with E-state index in [1.807, 2.05) is 0 Å². The van der Waals surface area contributed by atoms with Crippen molar-refractivity contribution in [2.75, 3.05) is 13.2 Å². The minimum absolute atomic E-state index is 0.0941. The van der Waals surface area contributed by atoms with Crippen LogP contribution in [0.25, 0.3) is 0 Å². The molecule has 0 aromatic heterocycles. The molecule has 0 aromatic rings. The second kappa shape index (κ2) is 64.6. The molecule has 6 nitrogen and oxygen atoms in total. The zero-order valence-electron chi connectivity index (χ0n) is 50.4.